The smallest absolute Gasteiger partial charge is 0.0314 e. The zero-order valence-corrected chi connectivity index (χ0v) is 13.6. The van der Waals surface area contributed by atoms with Crippen molar-refractivity contribution in [2.24, 2.45) is 5.73 Å². The Morgan fingerprint density at radius 1 is 1.21 bits per heavy atom. The normalized spacial score (nSPS) is 12.4. The topological polar surface area (TPSA) is 26.0 Å². The number of hydrogen-bond donors (Lipinski definition) is 1. The molecular weight excluding hydrogens is 318 g/mol. The van der Waals surface area contributed by atoms with Crippen LogP contribution in [-0.2, 0) is 5.75 Å². The summed E-state index contributed by atoms with van der Waals surface area (Å²) in [4.78, 5) is 1.26. The molecule has 0 saturated carbocycles. The number of aryl methyl sites for hydroxylation is 1. The summed E-state index contributed by atoms with van der Waals surface area (Å²) in [7, 11) is 0. The lowest BCUT2D eigenvalue weighted by molar-refractivity contribution is 0.815. The first-order chi connectivity index (χ1) is 9.08. The van der Waals surface area contributed by atoms with E-state index in [1.807, 2.05) is 18.7 Å². The highest BCUT2D eigenvalue weighted by Crippen LogP contribution is 2.32. The van der Waals surface area contributed by atoms with Crippen LogP contribution in [-0.4, -0.2) is 0 Å². The van der Waals surface area contributed by atoms with Gasteiger partial charge in [-0.05, 0) is 58.6 Å². The van der Waals surface area contributed by atoms with Crippen LogP contribution >= 0.6 is 27.7 Å². The maximum Gasteiger partial charge on any atom is 0.0314 e. The third kappa shape index (κ3) is 3.85. The van der Waals surface area contributed by atoms with Crippen LogP contribution in [0.3, 0.4) is 0 Å². The van der Waals surface area contributed by atoms with Gasteiger partial charge in [-0.25, -0.2) is 0 Å². The first kappa shape index (κ1) is 14.6. The summed E-state index contributed by atoms with van der Waals surface area (Å²) in [5, 5.41) is 0. The molecule has 2 aromatic rings. The third-order valence-electron chi connectivity index (χ3n) is 3.13. The minimum Gasteiger partial charge on any atom is -0.324 e. The zero-order valence-electron chi connectivity index (χ0n) is 11.2. The summed E-state index contributed by atoms with van der Waals surface area (Å²) in [5.41, 5.74) is 9.78. The summed E-state index contributed by atoms with van der Waals surface area (Å²) in [6.07, 6.45) is 0. The van der Waals surface area contributed by atoms with Gasteiger partial charge in [0.2, 0.25) is 0 Å². The van der Waals surface area contributed by atoms with Crippen LogP contribution in [0, 0.1) is 6.92 Å². The second-order valence-corrected chi connectivity index (χ2v) is 6.57. The van der Waals surface area contributed by atoms with E-state index < -0.39 is 0 Å². The quantitative estimate of drug-likeness (QED) is 0.789. The zero-order chi connectivity index (χ0) is 13.8. The Morgan fingerprint density at radius 2 is 1.95 bits per heavy atom. The highest BCUT2D eigenvalue weighted by Gasteiger charge is 2.06. The SMILES string of the molecule is Cc1ccccc1CSc1ccc(C(C)N)cc1Br. The molecule has 0 saturated heterocycles. The van der Waals surface area contributed by atoms with Crippen LogP contribution in [0.15, 0.2) is 51.8 Å². The van der Waals surface area contributed by atoms with Gasteiger partial charge in [0.05, 0.1) is 0 Å². The van der Waals surface area contributed by atoms with Crippen molar-refractivity contribution in [2.45, 2.75) is 30.5 Å². The van der Waals surface area contributed by atoms with Crippen molar-refractivity contribution in [3.8, 4) is 0 Å². The van der Waals surface area contributed by atoms with Crippen LogP contribution in [0.5, 0.6) is 0 Å². The average Bonchev–Trinajstić information content (AvgIpc) is 2.39. The Labute approximate surface area is 127 Å². The molecule has 1 nitrogen and oxygen atoms in total. The number of halogens is 1. The van der Waals surface area contributed by atoms with Crippen LogP contribution < -0.4 is 5.73 Å². The highest BCUT2D eigenvalue weighted by atomic mass is 79.9. The molecule has 2 N–H and O–H groups in total. The number of nitrogens with two attached hydrogens (primary N) is 1. The average molecular weight is 336 g/mol. The monoisotopic (exact) mass is 335 g/mol. The number of rotatable bonds is 4. The molecule has 0 heterocycles. The molecule has 2 aromatic carbocycles. The number of benzene rings is 2. The van der Waals surface area contributed by atoms with Gasteiger partial charge in [-0.15, -0.1) is 11.8 Å². The maximum absolute atomic E-state index is 5.89. The van der Waals surface area contributed by atoms with Crippen molar-refractivity contribution in [3.63, 3.8) is 0 Å². The standard InChI is InChI=1S/C16H18BrNS/c1-11-5-3-4-6-14(11)10-19-16-8-7-13(12(2)18)9-15(16)17/h3-9,12H,10,18H2,1-2H3. The predicted molar refractivity (Wildman–Crippen MR) is 87.5 cm³/mol. The van der Waals surface area contributed by atoms with Gasteiger partial charge < -0.3 is 5.73 Å². The molecular formula is C16H18BrNS. The van der Waals surface area contributed by atoms with Crippen molar-refractivity contribution in [1.29, 1.82) is 0 Å². The van der Waals surface area contributed by atoms with E-state index in [4.69, 9.17) is 5.73 Å². The third-order valence-corrected chi connectivity index (χ3v) is 5.17. The summed E-state index contributed by atoms with van der Waals surface area (Å²) in [5.74, 6) is 0.989. The van der Waals surface area contributed by atoms with E-state index in [0.717, 1.165) is 15.8 Å². The fourth-order valence-electron chi connectivity index (χ4n) is 1.84. The van der Waals surface area contributed by atoms with Gasteiger partial charge in [-0.2, -0.15) is 0 Å². The Kier molecular flexibility index (Phi) is 5.08. The summed E-state index contributed by atoms with van der Waals surface area (Å²) < 4.78 is 1.13. The van der Waals surface area contributed by atoms with E-state index in [-0.39, 0.29) is 6.04 Å². The number of hydrogen-bond acceptors (Lipinski definition) is 2. The Bertz CT molecular complexity index is 566. The summed E-state index contributed by atoms with van der Waals surface area (Å²) in [6.45, 7) is 4.16. The molecule has 3 heteroatoms. The Hall–Kier alpha value is -0.770. The van der Waals surface area contributed by atoms with Gasteiger partial charge in [0, 0.05) is 21.2 Å². The first-order valence-corrected chi connectivity index (χ1v) is 8.08. The molecule has 0 radical (unpaired) electrons. The fourth-order valence-corrected chi connectivity index (χ4v) is 3.58. The van der Waals surface area contributed by atoms with E-state index in [2.05, 4.69) is 65.3 Å². The van der Waals surface area contributed by atoms with E-state index in [1.165, 1.54) is 16.0 Å². The molecule has 0 bridgehead atoms. The van der Waals surface area contributed by atoms with Crippen LogP contribution in [0.2, 0.25) is 0 Å². The molecule has 1 atom stereocenters. The lowest BCUT2D eigenvalue weighted by Gasteiger charge is -2.10. The van der Waals surface area contributed by atoms with E-state index in [1.54, 1.807) is 0 Å². The lowest BCUT2D eigenvalue weighted by atomic mass is 10.1. The van der Waals surface area contributed by atoms with Crippen LogP contribution in [0.25, 0.3) is 0 Å². The molecule has 0 aliphatic carbocycles. The van der Waals surface area contributed by atoms with Crippen molar-refractivity contribution >= 4 is 27.7 Å². The highest BCUT2D eigenvalue weighted by molar-refractivity contribution is 9.10. The first-order valence-electron chi connectivity index (χ1n) is 6.30. The molecule has 0 aromatic heterocycles. The molecule has 0 amide bonds. The fraction of sp³-hybridized carbons (Fsp3) is 0.250. The molecule has 19 heavy (non-hydrogen) atoms. The largest absolute Gasteiger partial charge is 0.324 e. The molecule has 2 rings (SSSR count). The van der Waals surface area contributed by atoms with Gasteiger partial charge in [-0.1, -0.05) is 30.3 Å². The minimum atomic E-state index is 0.0757. The van der Waals surface area contributed by atoms with Crippen molar-refractivity contribution < 1.29 is 0 Å². The molecule has 100 valence electrons. The van der Waals surface area contributed by atoms with E-state index >= 15 is 0 Å². The van der Waals surface area contributed by atoms with Crippen molar-refractivity contribution in [2.75, 3.05) is 0 Å². The Balaban J connectivity index is 2.10. The molecule has 1 unspecified atom stereocenters. The van der Waals surface area contributed by atoms with Gasteiger partial charge in [0.15, 0.2) is 0 Å². The minimum absolute atomic E-state index is 0.0757. The molecule has 0 aliphatic heterocycles. The lowest BCUT2D eigenvalue weighted by Crippen LogP contribution is -2.04. The van der Waals surface area contributed by atoms with Gasteiger partial charge in [-0.3, -0.25) is 0 Å². The molecule has 0 aliphatic rings. The van der Waals surface area contributed by atoms with Crippen LogP contribution in [0.1, 0.15) is 29.7 Å². The second-order valence-electron chi connectivity index (χ2n) is 4.69. The molecule has 0 fully saturated rings. The van der Waals surface area contributed by atoms with Crippen LogP contribution in [0.4, 0.5) is 0 Å². The van der Waals surface area contributed by atoms with Crippen molar-refractivity contribution in [3.05, 3.63) is 63.6 Å². The van der Waals surface area contributed by atoms with E-state index in [9.17, 15) is 0 Å². The maximum atomic E-state index is 5.89. The van der Waals surface area contributed by atoms with Gasteiger partial charge in [0.25, 0.3) is 0 Å². The summed E-state index contributed by atoms with van der Waals surface area (Å²) >= 11 is 5.48. The molecule has 0 spiro atoms. The predicted octanol–water partition coefficient (Wildman–Crippen LogP) is 5.07. The van der Waals surface area contributed by atoms with Gasteiger partial charge in [0.1, 0.15) is 0 Å². The summed E-state index contributed by atoms with van der Waals surface area (Å²) in [6, 6.07) is 15.0. The Morgan fingerprint density at radius 3 is 2.58 bits per heavy atom. The number of thioether (sulfide) groups is 1. The van der Waals surface area contributed by atoms with Gasteiger partial charge >= 0.3 is 0 Å². The van der Waals surface area contributed by atoms with E-state index in [0.29, 0.717) is 0 Å². The van der Waals surface area contributed by atoms with Crippen molar-refractivity contribution in [1.82, 2.24) is 0 Å². The second kappa shape index (κ2) is 6.60.